The molecule has 1 unspecified atom stereocenters. The van der Waals surface area contributed by atoms with E-state index in [9.17, 15) is 4.79 Å². The third-order valence-corrected chi connectivity index (χ3v) is 4.01. The molecule has 1 aliphatic heterocycles. The monoisotopic (exact) mass is 313 g/mol. The van der Waals surface area contributed by atoms with Crippen molar-refractivity contribution in [3.05, 3.63) is 43.1 Å². The first-order valence-electron chi connectivity index (χ1n) is 7.43. The average Bonchev–Trinajstić information content (AvgIpc) is 3.35. The van der Waals surface area contributed by atoms with Crippen molar-refractivity contribution in [3.63, 3.8) is 0 Å². The molecule has 1 aliphatic rings. The number of carbonyl (C=O) groups excluding carboxylic acids is 1. The van der Waals surface area contributed by atoms with Gasteiger partial charge in [-0.05, 0) is 25.0 Å². The van der Waals surface area contributed by atoms with E-state index in [-0.39, 0.29) is 17.6 Å². The minimum Gasteiger partial charge on any atom is -0.461 e. The van der Waals surface area contributed by atoms with Gasteiger partial charge in [0.25, 0.3) is 5.91 Å². The lowest BCUT2D eigenvalue weighted by Gasteiger charge is -2.32. The van der Waals surface area contributed by atoms with Crippen LogP contribution in [-0.2, 0) is 0 Å². The van der Waals surface area contributed by atoms with Gasteiger partial charge in [0.1, 0.15) is 12.7 Å². The summed E-state index contributed by atoms with van der Waals surface area (Å²) >= 11 is 0. The van der Waals surface area contributed by atoms with E-state index in [1.165, 1.54) is 19.0 Å². The van der Waals surface area contributed by atoms with Gasteiger partial charge in [0.05, 0.1) is 12.3 Å². The highest BCUT2D eigenvalue weighted by Crippen LogP contribution is 2.27. The lowest BCUT2D eigenvalue weighted by molar-refractivity contribution is 0.0667. The van der Waals surface area contributed by atoms with Crippen LogP contribution >= 0.6 is 0 Å². The van der Waals surface area contributed by atoms with E-state index in [0.29, 0.717) is 24.6 Å². The molecule has 8 nitrogen and oxygen atoms in total. The van der Waals surface area contributed by atoms with E-state index in [1.807, 2.05) is 0 Å². The Labute approximate surface area is 131 Å². The number of amides is 1. The molecule has 0 saturated carbocycles. The summed E-state index contributed by atoms with van der Waals surface area (Å²) in [4.78, 5) is 22.6. The van der Waals surface area contributed by atoms with Crippen LogP contribution in [-0.4, -0.2) is 43.6 Å². The van der Waals surface area contributed by atoms with Crippen LogP contribution in [0.1, 0.15) is 29.4 Å². The number of aromatic nitrogens is 4. The Morgan fingerprint density at radius 3 is 3.09 bits per heavy atom. The number of oxazole rings is 1. The largest absolute Gasteiger partial charge is 0.461 e. The first kappa shape index (κ1) is 13.7. The van der Waals surface area contributed by atoms with Gasteiger partial charge in [-0.1, -0.05) is 0 Å². The molecule has 23 heavy (non-hydrogen) atoms. The van der Waals surface area contributed by atoms with Crippen LogP contribution in [0.5, 0.6) is 0 Å². The normalized spacial score (nSPS) is 18.3. The third-order valence-electron chi connectivity index (χ3n) is 4.01. The second-order valence-electron chi connectivity index (χ2n) is 5.43. The van der Waals surface area contributed by atoms with Gasteiger partial charge in [-0.15, -0.1) is 0 Å². The van der Waals surface area contributed by atoms with Crippen molar-refractivity contribution in [2.24, 2.45) is 0 Å². The Morgan fingerprint density at radius 1 is 1.35 bits per heavy atom. The van der Waals surface area contributed by atoms with Crippen molar-refractivity contribution < 1.29 is 13.6 Å². The predicted molar refractivity (Wildman–Crippen MR) is 78.4 cm³/mol. The Hall–Kier alpha value is -2.90. The maximum atomic E-state index is 12.8. The standard InChI is InChI=1S/C15H15N5O3/c21-15(13-14(23-10-17-13)12-4-2-6-22-12)19-5-1-3-11(7-19)20-9-16-8-18-20/h2,4,6,8-11H,1,3,5,7H2. The Kier molecular flexibility index (Phi) is 3.41. The Bertz CT molecular complexity index is 778. The van der Waals surface area contributed by atoms with Crippen molar-refractivity contribution in [3.8, 4) is 11.5 Å². The number of carbonyl (C=O) groups is 1. The lowest BCUT2D eigenvalue weighted by atomic mass is 10.1. The summed E-state index contributed by atoms with van der Waals surface area (Å²) in [5, 5.41) is 4.17. The number of furan rings is 1. The summed E-state index contributed by atoms with van der Waals surface area (Å²) in [6.45, 7) is 1.27. The van der Waals surface area contributed by atoms with E-state index in [4.69, 9.17) is 8.83 Å². The summed E-state index contributed by atoms with van der Waals surface area (Å²) in [5.74, 6) is 0.702. The van der Waals surface area contributed by atoms with Crippen molar-refractivity contribution >= 4 is 5.91 Å². The van der Waals surface area contributed by atoms with Crippen molar-refractivity contribution in [1.82, 2.24) is 24.6 Å². The molecule has 4 rings (SSSR count). The molecular weight excluding hydrogens is 298 g/mol. The predicted octanol–water partition coefficient (Wildman–Crippen LogP) is 2.00. The van der Waals surface area contributed by atoms with Crippen LogP contribution in [0.3, 0.4) is 0 Å². The lowest BCUT2D eigenvalue weighted by Crippen LogP contribution is -2.41. The molecule has 3 aromatic heterocycles. The molecule has 0 radical (unpaired) electrons. The van der Waals surface area contributed by atoms with Crippen molar-refractivity contribution in [2.45, 2.75) is 18.9 Å². The highest BCUT2D eigenvalue weighted by Gasteiger charge is 2.30. The molecular formula is C15H15N5O3. The van der Waals surface area contributed by atoms with Crippen LogP contribution < -0.4 is 0 Å². The number of hydrogen-bond acceptors (Lipinski definition) is 6. The molecule has 0 aromatic carbocycles. The van der Waals surface area contributed by atoms with E-state index in [1.54, 1.807) is 28.0 Å². The molecule has 3 aromatic rings. The van der Waals surface area contributed by atoms with Crippen LogP contribution in [0.2, 0.25) is 0 Å². The van der Waals surface area contributed by atoms with Gasteiger partial charge in [-0.2, -0.15) is 5.10 Å². The zero-order valence-corrected chi connectivity index (χ0v) is 12.3. The first-order valence-corrected chi connectivity index (χ1v) is 7.43. The molecule has 1 saturated heterocycles. The SMILES string of the molecule is O=C(c1ncoc1-c1ccco1)N1CCCC(n2cncn2)C1. The first-order chi connectivity index (χ1) is 11.3. The summed E-state index contributed by atoms with van der Waals surface area (Å²) in [7, 11) is 0. The molecule has 0 aliphatic carbocycles. The van der Waals surface area contributed by atoms with E-state index >= 15 is 0 Å². The minimum absolute atomic E-state index is 0.133. The quantitative estimate of drug-likeness (QED) is 0.734. The fourth-order valence-corrected chi connectivity index (χ4v) is 2.89. The van der Waals surface area contributed by atoms with Gasteiger partial charge in [0, 0.05) is 13.1 Å². The van der Waals surface area contributed by atoms with Crippen LogP contribution in [0.25, 0.3) is 11.5 Å². The number of piperidine rings is 1. The molecule has 4 heterocycles. The number of hydrogen-bond donors (Lipinski definition) is 0. The van der Waals surface area contributed by atoms with Gasteiger partial charge in [0.2, 0.25) is 5.76 Å². The number of likely N-dealkylation sites (tertiary alicyclic amines) is 1. The summed E-state index contributed by atoms with van der Waals surface area (Å²) < 4.78 is 12.5. The second-order valence-corrected chi connectivity index (χ2v) is 5.43. The van der Waals surface area contributed by atoms with Crippen LogP contribution in [0.4, 0.5) is 0 Å². The smallest absolute Gasteiger partial charge is 0.276 e. The maximum absolute atomic E-state index is 12.8. The van der Waals surface area contributed by atoms with Gasteiger partial charge in [-0.3, -0.25) is 4.79 Å². The van der Waals surface area contributed by atoms with Crippen LogP contribution in [0, 0.1) is 0 Å². The summed E-state index contributed by atoms with van der Waals surface area (Å²) in [5.41, 5.74) is 0.277. The van der Waals surface area contributed by atoms with E-state index < -0.39 is 0 Å². The van der Waals surface area contributed by atoms with Crippen LogP contribution in [0.15, 0.2) is 46.3 Å². The molecule has 0 N–H and O–H groups in total. The number of rotatable bonds is 3. The van der Waals surface area contributed by atoms with Crippen molar-refractivity contribution in [2.75, 3.05) is 13.1 Å². The van der Waals surface area contributed by atoms with Gasteiger partial charge in [0.15, 0.2) is 17.8 Å². The third kappa shape index (κ3) is 2.52. The molecule has 1 atom stereocenters. The summed E-state index contributed by atoms with van der Waals surface area (Å²) in [6, 6.07) is 3.62. The number of nitrogens with zero attached hydrogens (tertiary/aromatic N) is 5. The molecule has 0 spiro atoms. The Morgan fingerprint density at radius 2 is 2.30 bits per heavy atom. The zero-order valence-electron chi connectivity index (χ0n) is 12.3. The molecule has 1 fully saturated rings. The van der Waals surface area contributed by atoms with E-state index in [0.717, 1.165) is 12.8 Å². The maximum Gasteiger partial charge on any atom is 0.276 e. The average molecular weight is 313 g/mol. The van der Waals surface area contributed by atoms with Gasteiger partial charge >= 0.3 is 0 Å². The fraction of sp³-hybridized carbons (Fsp3) is 0.333. The molecule has 8 heteroatoms. The summed E-state index contributed by atoms with van der Waals surface area (Å²) in [6.07, 6.45) is 7.87. The molecule has 1 amide bonds. The van der Waals surface area contributed by atoms with E-state index in [2.05, 4.69) is 15.1 Å². The molecule has 0 bridgehead atoms. The topological polar surface area (TPSA) is 90.2 Å². The zero-order chi connectivity index (χ0) is 15.6. The minimum atomic E-state index is -0.157. The second kappa shape index (κ2) is 5.71. The molecule has 118 valence electrons. The van der Waals surface area contributed by atoms with Crippen molar-refractivity contribution in [1.29, 1.82) is 0 Å². The highest BCUT2D eigenvalue weighted by atomic mass is 16.4. The fourth-order valence-electron chi connectivity index (χ4n) is 2.89. The Balaban J connectivity index is 1.56. The van der Waals surface area contributed by atoms with Gasteiger partial charge in [-0.25, -0.2) is 14.6 Å². The highest BCUT2D eigenvalue weighted by molar-refractivity contribution is 5.97. The van der Waals surface area contributed by atoms with Gasteiger partial charge < -0.3 is 13.7 Å².